The van der Waals surface area contributed by atoms with Crippen molar-refractivity contribution in [2.24, 2.45) is 0 Å². The molecule has 0 aromatic carbocycles. The number of nitrogens with one attached hydrogen (secondary N) is 1. The SMILES string of the molecule is CCCCCCCCCCCCCCCCCCCCCCCCCCCCCC/C=C/C(O)C(COC1OC(CO)C(OC2OC(CO)C(O)C(O)C2O)C(O)C1O)NC(=O)CCCCCCCCCCCCCCCCCCCCCCCCC. The molecule has 2 rings (SSSR count). The standard InChI is InChI=1S/C73H141NO13/c1-3-5-7-9-11-13-15-17-19-21-23-25-27-28-29-30-31-32-33-35-36-38-40-42-44-46-48-50-52-54-56-62(77)61(60-84-72-70(83)68(81)71(64(59-76)86-72)87-73-69(82)67(80)66(79)63(58-75)85-73)74-65(78)57-55-53-51-49-47-45-43-41-39-37-34-26-24-22-20-18-16-14-12-10-8-6-4-2/h54,56,61-64,66-73,75-77,79-83H,3-53,55,57-60H2,1-2H3,(H,74,78)/b56-54+. The zero-order valence-electron chi connectivity index (χ0n) is 56.3. The highest BCUT2D eigenvalue weighted by Gasteiger charge is 2.51. The molecule has 2 aliphatic heterocycles. The summed E-state index contributed by atoms with van der Waals surface area (Å²) in [6.07, 6.45) is 55.7. The molecule has 14 heteroatoms. The molecule has 0 bridgehead atoms. The van der Waals surface area contributed by atoms with E-state index in [2.05, 4.69) is 19.2 Å². The molecule has 516 valence electrons. The molecule has 0 radical (unpaired) electrons. The lowest BCUT2D eigenvalue weighted by Gasteiger charge is -2.46. The predicted molar refractivity (Wildman–Crippen MR) is 355 cm³/mol. The molecule has 2 aliphatic rings. The average molecular weight is 1240 g/mol. The largest absolute Gasteiger partial charge is 0.394 e. The van der Waals surface area contributed by atoms with E-state index in [0.29, 0.717) is 0 Å². The predicted octanol–water partition coefficient (Wildman–Crippen LogP) is 15.7. The number of amides is 1. The summed E-state index contributed by atoms with van der Waals surface area (Å²) in [4.78, 5) is 13.3. The van der Waals surface area contributed by atoms with E-state index in [4.69, 9.17) is 18.9 Å². The first kappa shape index (κ1) is 81.8. The van der Waals surface area contributed by atoms with Gasteiger partial charge in [-0.05, 0) is 19.3 Å². The smallest absolute Gasteiger partial charge is 0.220 e. The molecule has 0 aliphatic carbocycles. The molecule has 14 nitrogen and oxygen atoms in total. The first-order valence-corrected chi connectivity index (χ1v) is 37.4. The molecule has 2 fully saturated rings. The van der Waals surface area contributed by atoms with Crippen LogP contribution in [-0.2, 0) is 23.7 Å². The van der Waals surface area contributed by atoms with Gasteiger partial charge >= 0.3 is 0 Å². The molecule has 9 N–H and O–H groups in total. The third kappa shape index (κ3) is 42.6. The Morgan fingerprint density at radius 3 is 1.06 bits per heavy atom. The Kier molecular flexibility index (Phi) is 55.1. The summed E-state index contributed by atoms with van der Waals surface area (Å²) < 4.78 is 22.9. The van der Waals surface area contributed by atoms with Gasteiger partial charge in [-0.3, -0.25) is 4.79 Å². The van der Waals surface area contributed by atoms with Crippen LogP contribution in [-0.4, -0.2) is 140 Å². The van der Waals surface area contributed by atoms with Crippen molar-refractivity contribution in [3.63, 3.8) is 0 Å². The zero-order valence-corrected chi connectivity index (χ0v) is 56.3. The third-order valence-corrected chi connectivity index (χ3v) is 18.7. The second-order valence-corrected chi connectivity index (χ2v) is 26.8. The maximum Gasteiger partial charge on any atom is 0.220 e. The van der Waals surface area contributed by atoms with E-state index in [1.54, 1.807) is 6.08 Å². The fourth-order valence-corrected chi connectivity index (χ4v) is 12.8. The minimum Gasteiger partial charge on any atom is -0.394 e. The summed E-state index contributed by atoms with van der Waals surface area (Å²) >= 11 is 0. The van der Waals surface area contributed by atoms with E-state index in [0.717, 1.165) is 44.9 Å². The molecule has 2 saturated heterocycles. The molecule has 12 atom stereocenters. The summed E-state index contributed by atoms with van der Waals surface area (Å²) in [5.74, 6) is -0.230. The van der Waals surface area contributed by atoms with E-state index in [-0.39, 0.29) is 18.9 Å². The van der Waals surface area contributed by atoms with Crippen molar-refractivity contribution >= 4 is 5.91 Å². The van der Waals surface area contributed by atoms with Crippen molar-refractivity contribution < 1.29 is 64.6 Å². The van der Waals surface area contributed by atoms with Gasteiger partial charge in [0.05, 0.1) is 32.0 Å². The molecule has 0 saturated carbocycles. The minimum atomic E-state index is -1.79. The number of ether oxygens (including phenoxy) is 4. The van der Waals surface area contributed by atoms with Gasteiger partial charge in [0, 0.05) is 6.42 Å². The first-order valence-electron chi connectivity index (χ1n) is 37.4. The van der Waals surface area contributed by atoms with Gasteiger partial charge in [-0.1, -0.05) is 341 Å². The topological polar surface area (TPSA) is 228 Å². The van der Waals surface area contributed by atoms with Crippen molar-refractivity contribution in [1.29, 1.82) is 0 Å². The number of aliphatic hydroxyl groups excluding tert-OH is 8. The lowest BCUT2D eigenvalue weighted by atomic mass is 9.97. The van der Waals surface area contributed by atoms with E-state index >= 15 is 0 Å². The van der Waals surface area contributed by atoms with Crippen molar-refractivity contribution in [1.82, 2.24) is 5.32 Å². The number of carbonyl (C=O) groups is 1. The van der Waals surface area contributed by atoms with Gasteiger partial charge in [0.25, 0.3) is 0 Å². The van der Waals surface area contributed by atoms with Crippen molar-refractivity contribution in [2.75, 3.05) is 19.8 Å². The fourth-order valence-electron chi connectivity index (χ4n) is 12.8. The number of carbonyl (C=O) groups excluding carboxylic acids is 1. The Labute approximate surface area is 533 Å². The van der Waals surface area contributed by atoms with Gasteiger partial charge in [-0.25, -0.2) is 0 Å². The number of allylic oxidation sites excluding steroid dienone is 1. The summed E-state index contributed by atoms with van der Waals surface area (Å²) in [5.41, 5.74) is 0. The molecular formula is C73H141NO13. The monoisotopic (exact) mass is 1240 g/mol. The van der Waals surface area contributed by atoms with E-state index < -0.39 is 86.8 Å². The molecule has 0 spiro atoms. The van der Waals surface area contributed by atoms with E-state index in [1.807, 2.05) is 6.08 Å². The third-order valence-electron chi connectivity index (χ3n) is 18.7. The highest BCUT2D eigenvalue weighted by atomic mass is 16.7. The van der Waals surface area contributed by atoms with Gasteiger partial charge in [-0.2, -0.15) is 0 Å². The van der Waals surface area contributed by atoms with Crippen molar-refractivity contribution in [3.05, 3.63) is 12.2 Å². The molecule has 2 heterocycles. The maximum absolute atomic E-state index is 13.3. The Morgan fingerprint density at radius 2 is 0.713 bits per heavy atom. The molecule has 12 unspecified atom stereocenters. The van der Waals surface area contributed by atoms with Crippen LogP contribution in [0, 0.1) is 0 Å². The van der Waals surface area contributed by atoms with Crippen LogP contribution in [0.15, 0.2) is 12.2 Å². The summed E-state index contributed by atoms with van der Waals surface area (Å²) in [6.45, 7) is 2.87. The lowest BCUT2D eigenvalue weighted by molar-refractivity contribution is -0.359. The summed E-state index contributed by atoms with van der Waals surface area (Å²) in [7, 11) is 0. The van der Waals surface area contributed by atoms with Gasteiger partial charge in [0.15, 0.2) is 12.6 Å². The van der Waals surface area contributed by atoms with E-state index in [1.165, 1.54) is 289 Å². The molecule has 0 aromatic heterocycles. The number of unbranched alkanes of at least 4 members (excludes halogenated alkanes) is 50. The lowest BCUT2D eigenvalue weighted by Crippen LogP contribution is -2.65. The summed E-state index contributed by atoms with van der Waals surface area (Å²) in [6, 6.07) is -0.912. The molecular weight excluding hydrogens is 1100 g/mol. The first-order chi connectivity index (χ1) is 42.6. The van der Waals surface area contributed by atoms with Crippen LogP contribution in [0.2, 0.25) is 0 Å². The van der Waals surface area contributed by atoms with Crippen LogP contribution in [0.1, 0.15) is 354 Å². The van der Waals surface area contributed by atoms with Gasteiger partial charge in [-0.15, -0.1) is 0 Å². The molecule has 87 heavy (non-hydrogen) atoms. The van der Waals surface area contributed by atoms with Crippen LogP contribution in [0.25, 0.3) is 0 Å². The van der Waals surface area contributed by atoms with Gasteiger partial charge in [0.1, 0.15) is 48.8 Å². The number of rotatable bonds is 63. The quantitative estimate of drug-likeness (QED) is 0.0204. The summed E-state index contributed by atoms with van der Waals surface area (Å²) in [5, 5.41) is 87.5. The second kappa shape index (κ2) is 58.5. The van der Waals surface area contributed by atoms with Crippen LogP contribution >= 0.6 is 0 Å². The highest BCUT2D eigenvalue weighted by Crippen LogP contribution is 2.30. The number of hydrogen-bond donors (Lipinski definition) is 9. The Bertz CT molecular complexity index is 1510. The van der Waals surface area contributed by atoms with Crippen LogP contribution in [0.4, 0.5) is 0 Å². The van der Waals surface area contributed by atoms with Gasteiger partial charge < -0.3 is 65.1 Å². The normalized spacial score (nSPS) is 23.2. The fraction of sp³-hybridized carbons (Fsp3) is 0.959. The van der Waals surface area contributed by atoms with Crippen LogP contribution in [0.5, 0.6) is 0 Å². The maximum atomic E-state index is 13.3. The van der Waals surface area contributed by atoms with Crippen LogP contribution < -0.4 is 5.32 Å². The second-order valence-electron chi connectivity index (χ2n) is 26.8. The van der Waals surface area contributed by atoms with Crippen molar-refractivity contribution in [3.8, 4) is 0 Å². The average Bonchev–Trinajstić information content (AvgIpc) is 2.33. The minimum absolute atomic E-state index is 0.230. The van der Waals surface area contributed by atoms with Crippen LogP contribution in [0.3, 0.4) is 0 Å². The highest BCUT2D eigenvalue weighted by molar-refractivity contribution is 5.76. The van der Waals surface area contributed by atoms with Crippen molar-refractivity contribution in [2.45, 2.75) is 428 Å². The Balaban J connectivity index is 1.65. The van der Waals surface area contributed by atoms with Gasteiger partial charge in [0.2, 0.25) is 5.91 Å². The Hall–Kier alpha value is -1.27. The molecule has 0 aromatic rings. The number of aliphatic hydroxyl groups is 8. The van der Waals surface area contributed by atoms with E-state index in [9.17, 15) is 45.6 Å². The number of hydrogen-bond acceptors (Lipinski definition) is 13. The zero-order chi connectivity index (χ0) is 63.1. The Morgan fingerprint density at radius 1 is 0.402 bits per heavy atom. The molecule has 1 amide bonds.